The van der Waals surface area contributed by atoms with E-state index in [1.807, 2.05) is 63.7 Å². The van der Waals surface area contributed by atoms with Gasteiger partial charge in [-0.3, -0.25) is 18.6 Å². The molecule has 2 unspecified atom stereocenters. The molecule has 0 aromatic heterocycles. The first-order chi connectivity index (χ1) is 28.4. The van der Waals surface area contributed by atoms with Crippen LogP contribution in [0.3, 0.4) is 0 Å². The fraction of sp³-hybridized carbons (Fsp3) is 0.583. The Balaban J connectivity index is 4.61. The number of aliphatic hydroxyl groups is 1. The zero-order chi connectivity index (χ0) is 43.7. The lowest BCUT2D eigenvalue weighted by Crippen LogP contribution is -2.37. The maximum atomic E-state index is 12.7. The molecule has 10 nitrogen and oxygen atoms in total. The van der Waals surface area contributed by atoms with Crippen LogP contribution in [0.1, 0.15) is 123 Å². The maximum Gasteiger partial charge on any atom is 0.472 e. The van der Waals surface area contributed by atoms with E-state index in [0.29, 0.717) is 30.3 Å². The Kier molecular flexibility index (Phi) is 36.6. The standard InChI is InChI=1S/C48H78NO9P/c1-6-8-10-11-12-13-14-15-16-19-23-26-29-32-36-40-48(52)58-46(44-57-59(53,54)56-42-41-49(3,4)5)43-55-47(51)39-35-31-28-25-22-20-17-18-21-24-27-30-34-38-45(50)37-33-9-7-2/h9,12-13,15-16,18,20-23,26-28,30-31,33-34,38,45-46,50H,6-8,10-11,14,17,19,24-25,29,32,35-37,39-44H2,1-5H3/p+1/b13-12-,16-15-,21-18-,22-20-,26-23-,30-27+,31-28-,33-9-,38-34+/t45?,46-/m1/s1. The van der Waals surface area contributed by atoms with Crippen LogP contribution < -0.4 is 0 Å². The van der Waals surface area contributed by atoms with Gasteiger partial charge in [0.2, 0.25) is 0 Å². The summed E-state index contributed by atoms with van der Waals surface area (Å²) in [4.78, 5) is 35.3. The molecule has 0 aromatic carbocycles. The summed E-state index contributed by atoms with van der Waals surface area (Å²) < 4.78 is 34.1. The first-order valence-electron chi connectivity index (χ1n) is 21.7. The lowest BCUT2D eigenvalue weighted by molar-refractivity contribution is -0.870. The van der Waals surface area contributed by atoms with Crippen molar-refractivity contribution in [1.29, 1.82) is 0 Å². The number of rotatable bonds is 37. The Morgan fingerprint density at radius 2 is 1.19 bits per heavy atom. The summed E-state index contributed by atoms with van der Waals surface area (Å²) in [6.45, 7) is 4.00. The second-order valence-electron chi connectivity index (χ2n) is 15.2. The first kappa shape index (κ1) is 55.6. The van der Waals surface area contributed by atoms with E-state index in [9.17, 15) is 24.2 Å². The minimum Gasteiger partial charge on any atom is -0.462 e. The van der Waals surface area contributed by atoms with Gasteiger partial charge in [0.1, 0.15) is 19.8 Å². The molecule has 0 heterocycles. The van der Waals surface area contributed by atoms with Crippen molar-refractivity contribution >= 4 is 19.8 Å². The van der Waals surface area contributed by atoms with Gasteiger partial charge in [-0.15, -0.1) is 0 Å². The third-order valence-electron chi connectivity index (χ3n) is 8.38. The number of nitrogens with zero attached hydrogens (tertiary/aromatic N) is 1. The molecule has 0 aromatic rings. The van der Waals surface area contributed by atoms with Gasteiger partial charge in [0.05, 0.1) is 33.9 Å². The molecule has 0 saturated heterocycles. The van der Waals surface area contributed by atoms with Crippen LogP contribution in [0.4, 0.5) is 0 Å². The molecule has 11 heteroatoms. The van der Waals surface area contributed by atoms with Crippen LogP contribution in [-0.2, 0) is 32.7 Å². The fourth-order valence-corrected chi connectivity index (χ4v) is 5.69. The number of unbranched alkanes of at least 4 members (excludes halogenated alkanes) is 5. The van der Waals surface area contributed by atoms with Crippen molar-refractivity contribution in [3.8, 4) is 0 Å². The molecular formula is C48H79NO9P+. The first-order valence-corrected chi connectivity index (χ1v) is 23.2. The highest BCUT2D eigenvalue weighted by molar-refractivity contribution is 7.47. The summed E-state index contributed by atoms with van der Waals surface area (Å²) in [5.41, 5.74) is 0. The van der Waals surface area contributed by atoms with Crippen LogP contribution in [0.15, 0.2) is 109 Å². The Hall–Kier alpha value is -3.37. The molecule has 0 aliphatic heterocycles. The van der Waals surface area contributed by atoms with E-state index in [2.05, 4.69) is 74.6 Å². The van der Waals surface area contributed by atoms with Gasteiger partial charge in [0, 0.05) is 12.8 Å². The highest BCUT2D eigenvalue weighted by Crippen LogP contribution is 2.43. The normalized spacial score (nSPS) is 15.2. The molecule has 0 saturated carbocycles. The van der Waals surface area contributed by atoms with Crippen molar-refractivity contribution in [2.75, 3.05) is 47.5 Å². The minimum absolute atomic E-state index is 0.000000888. The lowest BCUT2D eigenvalue weighted by atomic mass is 10.1. The van der Waals surface area contributed by atoms with Gasteiger partial charge in [-0.1, -0.05) is 136 Å². The number of phosphoric ester groups is 1. The highest BCUT2D eigenvalue weighted by Gasteiger charge is 2.27. The Labute approximate surface area is 358 Å². The summed E-state index contributed by atoms with van der Waals surface area (Å²) >= 11 is 0. The zero-order valence-electron chi connectivity index (χ0n) is 37.0. The Morgan fingerprint density at radius 3 is 1.76 bits per heavy atom. The van der Waals surface area contributed by atoms with E-state index in [0.717, 1.165) is 57.8 Å². The number of carbonyl (C=O) groups is 2. The maximum absolute atomic E-state index is 12.7. The number of phosphoric acid groups is 1. The van der Waals surface area contributed by atoms with Crippen LogP contribution in [0.25, 0.3) is 0 Å². The predicted molar refractivity (Wildman–Crippen MR) is 244 cm³/mol. The number of hydrogen-bond donors (Lipinski definition) is 2. The van der Waals surface area contributed by atoms with Crippen molar-refractivity contribution < 1.29 is 47.2 Å². The smallest absolute Gasteiger partial charge is 0.462 e. The molecule has 59 heavy (non-hydrogen) atoms. The molecule has 0 fully saturated rings. The van der Waals surface area contributed by atoms with Crippen LogP contribution in [0.2, 0.25) is 0 Å². The third-order valence-corrected chi connectivity index (χ3v) is 9.37. The molecule has 0 radical (unpaired) electrons. The van der Waals surface area contributed by atoms with Crippen LogP contribution in [0, 0.1) is 0 Å². The number of aliphatic hydroxyl groups excluding tert-OH is 1. The van der Waals surface area contributed by atoms with E-state index < -0.39 is 38.6 Å². The average molecular weight is 845 g/mol. The molecular weight excluding hydrogens is 765 g/mol. The zero-order valence-corrected chi connectivity index (χ0v) is 37.9. The number of hydrogen-bond acceptors (Lipinski definition) is 8. The van der Waals surface area contributed by atoms with Gasteiger partial charge in [0.15, 0.2) is 6.10 Å². The van der Waals surface area contributed by atoms with Crippen LogP contribution >= 0.6 is 7.82 Å². The molecule has 0 aliphatic carbocycles. The highest BCUT2D eigenvalue weighted by atomic mass is 31.2. The summed E-state index contributed by atoms with van der Waals surface area (Å²) in [5, 5.41) is 9.84. The van der Waals surface area contributed by atoms with Crippen molar-refractivity contribution in [2.24, 2.45) is 0 Å². The largest absolute Gasteiger partial charge is 0.472 e. The Morgan fingerprint density at radius 1 is 0.627 bits per heavy atom. The van der Waals surface area contributed by atoms with Crippen molar-refractivity contribution in [3.05, 3.63) is 109 Å². The summed E-state index contributed by atoms with van der Waals surface area (Å²) in [6, 6.07) is 0. The number of esters is 2. The summed E-state index contributed by atoms with van der Waals surface area (Å²) in [7, 11) is 1.37. The topological polar surface area (TPSA) is 129 Å². The minimum atomic E-state index is -4.42. The van der Waals surface area contributed by atoms with Gasteiger partial charge < -0.3 is 24.0 Å². The van der Waals surface area contributed by atoms with E-state index in [1.54, 1.807) is 6.08 Å². The number of likely N-dealkylation sites (N-methyl/N-ethyl adjacent to an activating group) is 1. The molecule has 0 rings (SSSR count). The number of allylic oxidation sites excluding steroid dienone is 16. The molecule has 0 spiro atoms. The number of carbonyl (C=O) groups excluding carboxylic acids is 2. The Bertz CT molecular complexity index is 1380. The van der Waals surface area contributed by atoms with Crippen molar-refractivity contribution in [3.63, 3.8) is 0 Å². The van der Waals surface area contributed by atoms with E-state index in [-0.39, 0.29) is 26.1 Å². The fourth-order valence-electron chi connectivity index (χ4n) is 4.95. The van der Waals surface area contributed by atoms with Crippen molar-refractivity contribution in [1.82, 2.24) is 0 Å². The van der Waals surface area contributed by atoms with Crippen LogP contribution in [-0.4, -0.2) is 86.1 Å². The summed E-state index contributed by atoms with van der Waals surface area (Å²) in [5.74, 6) is -0.976. The van der Waals surface area contributed by atoms with Gasteiger partial charge in [-0.2, -0.15) is 0 Å². The second kappa shape index (κ2) is 38.8. The van der Waals surface area contributed by atoms with E-state index in [4.69, 9.17) is 18.5 Å². The molecule has 0 bridgehead atoms. The van der Waals surface area contributed by atoms with Crippen LogP contribution in [0.5, 0.6) is 0 Å². The molecule has 0 aliphatic rings. The quantitative estimate of drug-likeness (QED) is 0.0157. The third kappa shape index (κ3) is 42.6. The van der Waals surface area contributed by atoms with Gasteiger partial charge in [0.25, 0.3) is 0 Å². The van der Waals surface area contributed by atoms with E-state index >= 15 is 0 Å². The summed E-state index contributed by atoms with van der Waals surface area (Å²) in [6.07, 6.45) is 49.2. The monoisotopic (exact) mass is 845 g/mol. The van der Waals surface area contributed by atoms with Gasteiger partial charge in [-0.05, 0) is 83.5 Å². The molecule has 2 N–H and O–H groups in total. The predicted octanol–water partition coefficient (Wildman–Crippen LogP) is 11.3. The second-order valence-corrected chi connectivity index (χ2v) is 16.6. The molecule has 3 atom stereocenters. The van der Waals surface area contributed by atoms with Gasteiger partial charge >= 0.3 is 19.8 Å². The van der Waals surface area contributed by atoms with E-state index in [1.165, 1.54) is 19.3 Å². The SMILES string of the molecule is CC/C=C\CC(O)/C=C/C=C/C/C=C\C/C=C\C/C=C\CCC(=O)OC[C@H](COP(=O)(O)OCC[N+](C)(C)C)OC(=O)CCCC/C=C\C/C=C\C/C=C\CCCCC. The van der Waals surface area contributed by atoms with Crippen molar-refractivity contribution in [2.45, 2.75) is 135 Å². The molecule has 0 amide bonds. The lowest BCUT2D eigenvalue weighted by Gasteiger charge is -2.24. The van der Waals surface area contributed by atoms with Gasteiger partial charge in [-0.25, -0.2) is 4.57 Å². The number of quaternary nitrogens is 1. The number of ether oxygens (including phenoxy) is 2. The molecule has 334 valence electrons. The average Bonchev–Trinajstić information content (AvgIpc) is 3.18.